The van der Waals surface area contributed by atoms with Crippen molar-refractivity contribution >= 4 is 12.0 Å². The number of allylic oxidation sites excluding steroid dienone is 1. The zero-order valence-electron chi connectivity index (χ0n) is 11.2. The summed E-state index contributed by atoms with van der Waals surface area (Å²) in [5.74, 6) is 5.64. The Morgan fingerprint density at radius 2 is 1.75 bits per heavy atom. The average Bonchev–Trinajstić information content (AvgIpc) is 2.52. The summed E-state index contributed by atoms with van der Waals surface area (Å²) in [5, 5.41) is 0. The zero-order chi connectivity index (χ0) is 14.2. The van der Waals surface area contributed by atoms with Gasteiger partial charge in [0.1, 0.15) is 0 Å². The number of carbonyl (C=O) groups excluding carboxylic acids is 1. The Balaban J connectivity index is 2.02. The van der Waals surface area contributed by atoms with E-state index in [9.17, 15) is 4.79 Å². The van der Waals surface area contributed by atoms with Crippen molar-refractivity contribution in [2.45, 2.75) is 0 Å². The fourth-order valence-electron chi connectivity index (χ4n) is 1.63. The van der Waals surface area contributed by atoms with Crippen molar-refractivity contribution < 1.29 is 9.53 Å². The quantitative estimate of drug-likeness (QED) is 0.611. The van der Waals surface area contributed by atoms with Crippen LogP contribution in [0.5, 0.6) is 0 Å². The SMILES string of the molecule is COC(=O)c1ccc(C#C/C=C/c2ccccc2)cc1. The summed E-state index contributed by atoms with van der Waals surface area (Å²) < 4.78 is 4.64. The molecular formula is C18H14O2. The molecule has 0 unspecified atom stereocenters. The van der Waals surface area contributed by atoms with Crippen LogP contribution in [0.25, 0.3) is 6.08 Å². The van der Waals surface area contributed by atoms with Crippen LogP contribution >= 0.6 is 0 Å². The van der Waals surface area contributed by atoms with E-state index in [2.05, 4.69) is 16.6 Å². The van der Waals surface area contributed by atoms with Gasteiger partial charge in [-0.15, -0.1) is 0 Å². The molecule has 2 nitrogen and oxygen atoms in total. The highest BCUT2D eigenvalue weighted by molar-refractivity contribution is 5.89. The highest BCUT2D eigenvalue weighted by atomic mass is 16.5. The second kappa shape index (κ2) is 6.96. The largest absolute Gasteiger partial charge is 0.465 e. The van der Waals surface area contributed by atoms with E-state index in [1.807, 2.05) is 42.5 Å². The Morgan fingerprint density at radius 3 is 2.40 bits per heavy atom. The topological polar surface area (TPSA) is 26.3 Å². The Labute approximate surface area is 118 Å². The summed E-state index contributed by atoms with van der Waals surface area (Å²) in [7, 11) is 1.37. The molecule has 0 aliphatic heterocycles. The van der Waals surface area contributed by atoms with E-state index < -0.39 is 0 Å². The average molecular weight is 262 g/mol. The lowest BCUT2D eigenvalue weighted by molar-refractivity contribution is 0.0601. The van der Waals surface area contributed by atoms with Gasteiger partial charge >= 0.3 is 5.97 Å². The van der Waals surface area contributed by atoms with Gasteiger partial charge < -0.3 is 4.74 Å². The van der Waals surface area contributed by atoms with Gasteiger partial charge in [0.25, 0.3) is 0 Å². The normalized spacial score (nSPS) is 9.85. The molecule has 0 amide bonds. The number of carbonyl (C=O) groups is 1. The molecule has 2 heteroatoms. The van der Waals surface area contributed by atoms with Gasteiger partial charge in [-0.3, -0.25) is 0 Å². The summed E-state index contributed by atoms with van der Waals surface area (Å²) in [4.78, 5) is 11.3. The van der Waals surface area contributed by atoms with E-state index in [0.717, 1.165) is 11.1 Å². The number of esters is 1. The summed E-state index contributed by atoms with van der Waals surface area (Å²) in [6, 6.07) is 17.0. The van der Waals surface area contributed by atoms with E-state index in [1.54, 1.807) is 24.3 Å². The molecule has 0 bridgehead atoms. The first-order chi connectivity index (χ1) is 9.79. The first kappa shape index (κ1) is 13.6. The van der Waals surface area contributed by atoms with Gasteiger partial charge in [-0.25, -0.2) is 4.79 Å². The Hall–Kier alpha value is -2.79. The van der Waals surface area contributed by atoms with Crippen molar-refractivity contribution in [3.8, 4) is 11.8 Å². The smallest absolute Gasteiger partial charge is 0.337 e. The van der Waals surface area contributed by atoms with E-state index in [-0.39, 0.29) is 5.97 Å². The fourth-order valence-corrected chi connectivity index (χ4v) is 1.63. The lowest BCUT2D eigenvalue weighted by Gasteiger charge is -1.97. The maximum atomic E-state index is 11.3. The van der Waals surface area contributed by atoms with Crippen molar-refractivity contribution in [1.82, 2.24) is 0 Å². The molecule has 2 aromatic rings. The van der Waals surface area contributed by atoms with Gasteiger partial charge in [0.15, 0.2) is 0 Å². The first-order valence-electron chi connectivity index (χ1n) is 6.21. The molecule has 0 atom stereocenters. The van der Waals surface area contributed by atoms with Crippen LogP contribution in [0.3, 0.4) is 0 Å². The molecule has 0 aromatic heterocycles. The number of methoxy groups -OCH3 is 1. The van der Waals surface area contributed by atoms with E-state index in [4.69, 9.17) is 0 Å². The minimum absolute atomic E-state index is 0.339. The van der Waals surface area contributed by atoms with Crippen LogP contribution < -0.4 is 0 Å². The molecule has 0 N–H and O–H groups in total. The molecule has 2 rings (SSSR count). The summed E-state index contributed by atoms with van der Waals surface area (Å²) in [5.41, 5.74) is 2.50. The molecule has 0 aliphatic carbocycles. The van der Waals surface area contributed by atoms with Gasteiger partial charge in [0, 0.05) is 5.56 Å². The van der Waals surface area contributed by atoms with Crippen LogP contribution in [0.4, 0.5) is 0 Å². The molecule has 0 saturated carbocycles. The van der Waals surface area contributed by atoms with Crippen LogP contribution in [0.2, 0.25) is 0 Å². The van der Waals surface area contributed by atoms with Gasteiger partial charge in [-0.1, -0.05) is 42.2 Å². The predicted octanol–water partition coefficient (Wildman–Crippen LogP) is 3.54. The standard InChI is InChI=1S/C18H14O2/c1-20-18(19)17-13-11-16(12-14-17)10-6-5-9-15-7-3-2-4-8-15/h2-5,7-9,11-14H,1H3/b9-5+. The predicted molar refractivity (Wildman–Crippen MR) is 80.1 cm³/mol. The second-order valence-corrected chi connectivity index (χ2v) is 4.08. The van der Waals surface area contributed by atoms with Gasteiger partial charge in [-0.2, -0.15) is 0 Å². The number of rotatable bonds is 2. The molecule has 2 aromatic carbocycles. The molecule has 0 radical (unpaired) electrons. The van der Waals surface area contributed by atoms with Gasteiger partial charge in [0.2, 0.25) is 0 Å². The highest BCUT2D eigenvalue weighted by Gasteiger charge is 2.02. The number of benzene rings is 2. The van der Waals surface area contributed by atoms with E-state index >= 15 is 0 Å². The molecule has 0 heterocycles. The molecule has 0 fully saturated rings. The Bertz CT molecular complexity index is 656. The van der Waals surface area contributed by atoms with Gasteiger partial charge in [0.05, 0.1) is 12.7 Å². The van der Waals surface area contributed by atoms with Crippen molar-refractivity contribution in [3.05, 3.63) is 77.4 Å². The van der Waals surface area contributed by atoms with Crippen LogP contribution in [0.1, 0.15) is 21.5 Å². The first-order valence-corrected chi connectivity index (χ1v) is 6.21. The highest BCUT2D eigenvalue weighted by Crippen LogP contribution is 2.05. The molecule has 0 spiro atoms. The third-order valence-electron chi connectivity index (χ3n) is 2.68. The van der Waals surface area contributed by atoms with Gasteiger partial charge in [-0.05, 0) is 42.0 Å². The monoisotopic (exact) mass is 262 g/mol. The molecule has 98 valence electrons. The Kier molecular flexibility index (Phi) is 4.75. The van der Waals surface area contributed by atoms with Crippen LogP contribution in [0, 0.1) is 11.8 Å². The fraction of sp³-hybridized carbons (Fsp3) is 0.0556. The molecule has 20 heavy (non-hydrogen) atoms. The molecule has 0 aliphatic rings. The van der Waals surface area contributed by atoms with Crippen molar-refractivity contribution in [3.63, 3.8) is 0 Å². The minimum atomic E-state index is -0.339. The van der Waals surface area contributed by atoms with E-state index in [1.165, 1.54) is 7.11 Å². The summed E-state index contributed by atoms with van der Waals surface area (Å²) >= 11 is 0. The molecular weight excluding hydrogens is 248 g/mol. The lowest BCUT2D eigenvalue weighted by Crippen LogP contribution is -2.00. The number of hydrogen-bond acceptors (Lipinski definition) is 2. The van der Waals surface area contributed by atoms with Crippen molar-refractivity contribution in [2.24, 2.45) is 0 Å². The maximum absolute atomic E-state index is 11.3. The molecule has 0 saturated heterocycles. The van der Waals surface area contributed by atoms with Crippen LogP contribution in [-0.2, 0) is 4.74 Å². The Morgan fingerprint density at radius 1 is 1.05 bits per heavy atom. The maximum Gasteiger partial charge on any atom is 0.337 e. The summed E-state index contributed by atoms with van der Waals surface area (Å²) in [6.45, 7) is 0. The third-order valence-corrected chi connectivity index (χ3v) is 2.68. The van der Waals surface area contributed by atoms with Crippen LogP contribution in [-0.4, -0.2) is 13.1 Å². The summed E-state index contributed by atoms with van der Waals surface area (Å²) in [6.07, 6.45) is 3.76. The minimum Gasteiger partial charge on any atom is -0.465 e. The zero-order valence-corrected chi connectivity index (χ0v) is 11.2. The third kappa shape index (κ3) is 3.86. The van der Waals surface area contributed by atoms with Crippen LogP contribution in [0.15, 0.2) is 60.7 Å². The van der Waals surface area contributed by atoms with Crippen molar-refractivity contribution in [1.29, 1.82) is 0 Å². The van der Waals surface area contributed by atoms with Crippen molar-refractivity contribution in [2.75, 3.05) is 7.11 Å². The number of hydrogen-bond donors (Lipinski definition) is 0. The number of ether oxygens (including phenoxy) is 1. The second-order valence-electron chi connectivity index (χ2n) is 4.08. The van der Waals surface area contributed by atoms with E-state index in [0.29, 0.717) is 5.56 Å². The lowest BCUT2D eigenvalue weighted by atomic mass is 10.1.